The van der Waals surface area contributed by atoms with Crippen LogP contribution in [0, 0.1) is 5.82 Å². The first-order chi connectivity index (χ1) is 6.99. The molecule has 1 heterocycles. The van der Waals surface area contributed by atoms with Crippen molar-refractivity contribution in [2.45, 2.75) is 38.0 Å². The van der Waals surface area contributed by atoms with E-state index in [0.29, 0.717) is 5.56 Å². The highest BCUT2D eigenvalue weighted by Crippen LogP contribution is 2.32. The molecule has 2 N–H and O–H groups in total. The topological polar surface area (TPSA) is 32.3 Å². The number of hydrogen-bond donors (Lipinski definition) is 2. The molecule has 4 heteroatoms. The van der Waals surface area contributed by atoms with Crippen molar-refractivity contribution in [3.63, 3.8) is 0 Å². The minimum atomic E-state index is -0.751. The van der Waals surface area contributed by atoms with Gasteiger partial charge >= 0.3 is 0 Å². The van der Waals surface area contributed by atoms with Gasteiger partial charge in [-0.15, -0.1) is 12.4 Å². The lowest BCUT2D eigenvalue weighted by atomic mass is 9.80. The smallest absolute Gasteiger partial charge is 0.129 e. The molecule has 0 aromatic heterocycles. The van der Waals surface area contributed by atoms with Crippen molar-refractivity contribution in [1.29, 1.82) is 0 Å². The van der Waals surface area contributed by atoms with Crippen LogP contribution in [-0.2, 0) is 0 Å². The molecule has 1 unspecified atom stereocenters. The summed E-state index contributed by atoms with van der Waals surface area (Å²) >= 11 is 0. The van der Waals surface area contributed by atoms with Gasteiger partial charge in [-0.05, 0) is 26.3 Å². The fourth-order valence-electron chi connectivity index (χ4n) is 2.15. The van der Waals surface area contributed by atoms with Crippen LogP contribution < -0.4 is 5.32 Å². The molecule has 1 aromatic carbocycles. The van der Waals surface area contributed by atoms with Crippen molar-refractivity contribution in [2.24, 2.45) is 0 Å². The molecule has 0 bridgehead atoms. The van der Waals surface area contributed by atoms with Gasteiger partial charge in [0.05, 0.1) is 6.10 Å². The van der Waals surface area contributed by atoms with Crippen molar-refractivity contribution in [3.8, 4) is 0 Å². The van der Waals surface area contributed by atoms with Gasteiger partial charge < -0.3 is 10.4 Å². The second-order valence-corrected chi connectivity index (χ2v) is 4.81. The highest BCUT2D eigenvalue weighted by atomic mass is 35.5. The Morgan fingerprint density at radius 3 is 2.50 bits per heavy atom. The van der Waals surface area contributed by atoms with E-state index in [9.17, 15) is 9.50 Å². The van der Waals surface area contributed by atoms with Gasteiger partial charge in [-0.1, -0.05) is 18.2 Å². The molecule has 1 aromatic rings. The van der Waals surface area contributed by atoms with E-state index >= 15 is 0 Å². The third-order valence-corrected chi connectivity index (χ3v) is 2.91. The molecule has 1 fully saturated rings. The Balaban J connectivity index is 0.00000128. The van der Waals surface area contributed by atoms with E-state index in [-0.39, 0.29) is 29.8 Å². The van der Waals surface area contributed by atoms with Crippen LogP contribution in [-0.4, -0.2) is 16.7 Å². The van der Waals surface area contributed by atoms with Crippen LogP contribution in [0.2, 0.25) is 0 Å². The van der Waals surface area contributed by atoms with Gasteiger partial charge in [0.2, 0.25) is 0 Å². The van der Waals surface area contributed by atoms with Gasteiger partial charge in [0.25, 0.3) is 0 Å². The summed E-state index contributed by atoms with van der Waals surface area (Å²) in [6.07, 6.45) is 0.113. The van der Waals surface area contributed by atoms with E-state index in [1.54, 1.807) is 18.2 Å². The Kier molecular flexibility index (Phi) is 3.94. The van der Waals surface area contributed by atoms with Crippen molar-refractivity contribution in [2.75, 3.05) is 0 Å². The fraction of sp³-hybridized carbons (Fsp3) is 0.500. The average molecular weight is 246 g/mol. The summed E-state index contributed by atoms with van der Waals surface area (Å²) < 4.78 is 13.4. The van der Waals surface area contributed by atoms with Crippen LogP contribution in [0.15, 0.2) is 24.3 Å². The van der Waals surface area contributed by atoms with Crippen molar-refractivity contribution in [3.05, 3.63) is 35.6 Å². The Morgan fingerprint density at radius 1 is 1.44 bits per heavy atom. The van der Waals surface area contributed by atoms with Crippen molar-refractivity contribution >= 4 is 12.4 Å². The number of aliphatic hydroxyl groups is 1. The summed E-state index contributed by atoms with van der Waals surface area (Å²) in [6, 6.07) is 6.35. The molecule has 0 spiro atoms. The first kappa shape index (κ1) is 13.4. The highest BCUT2D eigenvalue weighted by Gasteiger charge is 2.40. The van der Waals surface area contributed by atoms with Crippen LogP contribution >= 0.6 is 12.4 Å². The van der Waals surface area contributed by atoms with E-state index in [1.165, 1.54) is 6.07 Å². The molecule has 2 atom stereocenters. The average Bonchev–Trinajstić information content (AvgIpc) is 2.14. The van der Waals surface area contributed by atoms with Crippen LogP contribution in [0.25, 0.3) is 0 Å². The van der Waals surface area contributed by atoms with Gasteiger partial charge in [-0.3, -0.25) is 0 Å². The molecule has 2 nitrogen and oxygen atoms in total. The Bertz CT molecular complexity index is 362. The molecule has 0 radical (unpaired) electrons. The maximum atomic E-state index is 13.4. The van der Waals surface area contributed by atoms with E-state index in [2.05, 4.69) is 19.2 Å². The summed E-state index contributed by atoms with van der Waals surface area (Å²) in [7, 11) is 0. The van der Waals surface area contributed by atoms with E-state index in [4.69, 9.17) is 0 Å². The standard InChI is InChI=1S/C12H16FNO.ClH/c1-12(2)7-10(14-12)11(15)8-5-3-4-6-9(8)13;/h3-6,10-11,14-15H,7H2,1-2H3;1H/t10-,11?;/m0./s1. The van der Waals surface area contributed by atoms with Crippen LogP contribution in [0.4, 0.5) is 4.39 Å². The van der Waals surface area contributed by atoms with Gasteiger partial charge in [0, 0.05) is 17.1 Å². The van der Waals surface area contributed by atoms with Gasteiger partial charge in [0.15, 0.2) is 0 Å². The summed E-state index contributed by atoms with van der Waals surface area (Å²) in [6.45, 7) is 4.13. The molecule has 0 aliphatic carbocycles. The summed E-state index contributed by atoms with van der Waals surface area (Å²) in [5, 5.41) is 13.2. The Morgan fingerprint density at radius 2 is 2.00 bits per heavy atom. The number of benzene rings is 1. The first-order valence-corrected chi connectivity index (χ1v) is 5.20. The molecule has 1 aliphatic heterocycles. The SMILES string of the molecule is CC1(C)C[C@@H](C(O)c2ccccc2F)N1.Cl. The minimum absolute atomic E-state index is 0. The number of hydrogen-bond acceptors (Lipinski definition) is 2. The molecule has 2 rings (SSSR count). The van der Waals surface area contributed by atoms with Gasteiger partial charge in [0.1, 0.15) is 5.82 Å². The predicted octanol–water partition coefficient (Wildman–Crippen LogP) is 2.42. The third-order valence-electron chi connectivity index (χ3n) is 2.91. The monoisotopic (exact) mass is 245 g/mol. The van der Waals surface area contributed by atoms with Crippen molar-refractivity contribution in [1.82, 2.24) is 5.32 Å². The molecule has 0 saturated carbocycles. The zero-order valence-corrected chi connectivity index (χ0v) is 10.2. The third kappa shape index (κ3) is 2.54. The Hall–Kier alpha value is -0.640. The normalized spacial score (nSPS) is 24.1. The van der Waals surface area contributed by atoms with E-state index in [1.807, 2.05) is 0 Å². The molecule has 16 heavy (non-hydrogen) atoms. The zero-order valence-electron chi connectivity index (χ0n) is 9.40. The second kappa shape index (κ2) is 4.70. The van der Waals surface area contributed by atoms with E-state index < -0.39 is 6.10 Å². The maximum absolute atomic E-state index is 13.4. The van der Waals surface area contributed by atoms with Crippen LogP contribution in [0.3, 0.4) is 0 Å². The lowest BCUT2D eigenvalue weighted by Crippen LogP contribution is -2.62. The summed E-state index contributed by atoms with van der Waals surface area (Å²) in [4.78, 5) is 0. The number of rotatable bonds is 2. The molecule has 0 amide bonds. The fourth-order valence-corrected chi connectivity index (χ4v) is 2.15. The highest BCUT2D eigenvalue weighted by molar-refractivity contribution is 5.85. The van der Waals surface area contributed by atoms with Gasteiger partial charge in [-0.2, -0.15) is 0 Å². The zero-order chi connectivity index (χ0) is 11.1. The van der Waals surface area contributed by atoms with E-state index in [0.717, 1.165) is 6.42 Å². The molecule has 90 valence electrons. The summed E-state index contributed by atoms with van der Waals surface area (Å²) in [5.74, 6) is -0.337. The largest absolute Gasteiger partial charge is 0.387 e. The molecular weight excluding hydrogens is 229 g/mol. The second-order valence-electron chi connectivity index (χ2n) is 4.81. The molecular formula is C12H17ClFNO. The quantitative estimate of drug-likeness (QED) is 0.839. The van der Waals surface area contributed by atoms with Crippen molar-refractivity contribution < 1.29 is 9.50 Å². The predicted molar refractivity (Wildman–Crippen MR) is 64.2 cm³/mol. The summed E-state index contributed by atoms with van der Waals surface area (Å²) in [5.41, 5.74) is 0.446. The minimum Gasteiger partial charge on any atom is -0.387 e. The molecule has 1 aliphatic rings. The number of halogens is 2. The van der Waals surface area contributed by atoms with Crippen LogP contribution in [0.1, 0.15) is 31.9 Å². The number of aliphatic hydroxyl groups excluding tert-OH is 1. The number of nitrogens with one attached hydrogen (secondary N) is 1. The van der Waals surface area contributed by atoms with Crippen LogP contribution in [0.5, 0.6) is 0 Å². The molecule has 1 saturated heterocycles. The lowest BCUT2D eigenvalue weighted by Gasteiger charge is -2.46. The van der Waals surface area contributed by atoms with Gasteiger partial charge in [-0.25, -0.2) is 4.39 Å². The Labute approximate surface area is 101 Å². The first-order valence-electron chi connectivity index (χ1n) is 5.20. The maximum Gasteiger partial charge on any atom is 0.129 e. The lowest BCUT2D eigenvalue weighted by molar-refractivity contribution is 0.0369.